The van der Waals surface area contributed by atoms with Crippen LogP contribution >= 0.6 is 43.2 Å². The first-order valence-corrected chi connectivity index (χ1v) is 7.92. The van der Waals surface area contributed by atoms with Crippen LogP contribution in [0.3, 0.4) is 0 Å². The van der Waals surface area contributed by atoms with Crippen molar-refractivity contribution in [2.24, 2.45) is 0 Å². The third-order valence-electron chi connectivity index (χ3n) is 2.41. The molecule has 2 aromatic rings. The number of benzene rings is 1. The van der Waals surface area contributed by atoms with Crippen molar-refractivity contribution >= 4 is 60.8 Å². The number of halogens is 2. The molecular weight excluding hydrogens is 428 g/mol. The van der Waals surface area contributed by atoms with Gasteiger partial charge in [0, 0.05) is 15.9 Å². The SMILES string of the molecule is COc1cc(NC(=O)c2nc(C(=O)O)cs2)c(Br)cc1Br. The van der Waals surface area contributed by atoms with Crippen LogP contribution in [0.25, 0.3) is 0 Å². The van der Waals surface area contributed by atoms with Crippen LogP contribution in [-0.2, 0) is 0 Å². The Morgan fingerprint density at radius 3 is 2.62 bits per heavy atom. The number of ether oxygens (including phenoxy) is 1. The second-order valence-electron chi connectivity index (χ2n) is 3.76. The maximum Gasteiger partial charge on any atom is 0.355 e. The van der Waals surface area contributed by atoms with E-state index in [1.165, 1.54) is 12.5 Å². The molecule has 0 aliphatic rings. The summed E-state index contributed by atoms with van der Waals surface area (Å²) < 4.78 is 6.54. The van der Waals surface area contributed by atoms with Crippen molar-refractivity contribution < 1.29 is 19.4 Å². The Labute approximate surface area is 140 Å². The molecule has 1 aromatic carbocycles. The third kappa shape index (κ3) is 3.60. The molecule has 21 heavy (non-hydrogen) atoms. The number of carbonyl (C=O) groups excluding carboxylic acids is 1. The Bertz CT molecular complexity index is 717. The number of carboxylic acid groups (broad SMARTS) is 1. The van der Waals surface area contributed by atoms with Crippen LogP contribution in [0.1, 0.15) is 20.3 Å². The molecule has 0 saturated carbocycles. The number of thiazole rings is 1. The van der Waals surface area contributed by atoms with Crippen LogP contribution in [-0.4, -0.2) is 29.1 Å². The fraction of sp³-hybridized carbons (Fsp3) is 0.0833. The lowest BCUT2D eigenvalue weighted by atomic mass is 10.3. The number of rotatable bonds is 4. The molecule has 6 nitrogen and oxygen atoms in total. The summed E-state index contributed by atoms with van der Waals surface area (Å²) in [5, 5.41) is 12.8. The first-order chi connectivity index (χ1) is 9.92. The van der Waals surface area contributed by atoms with Gasteiger partial charge in [-0.25, -0.2) is 9.78 Å². The van der Waals surface area contributed by atoms with Crippen LogP contribution in [0.2, 0.25) is 0 Å². The van der Waals surface area contributed by atoms with Crippen LogP contribution in [0, 0.1) is 0 Å². The first-order valence-electron chi connectivity index (χ1n) is 5.45. The Kier molecular flexibility index (Phi) is 4.96. The van der Waals surface area contributed by atoms with E-state index in [-0.39, 0.29) is 10.7 Å². The molecule has 1 amide bonds. The monoisotopic (exact) mass is 434 g/mol. The van der Waals surface area contributed by atoms with Gasteiger partial charge in [-0.1, -0.05) is 0 Å². The summed E-state index contributed by atoms with van der Waals surface area (Å²) in [6.07, 6.45) is 0. The van der Waals surface area contributed by atoms with Gasteiger partial charge in [0.15, 0.2) is 10.7 Å². The van der Waals surface area contributed by atoms with Crippen LogP contribution in [0.15, 0.2) is 26.5 Å². The van der Waals surface area contributed by atoms with Crippen molar-refractivity contribution in [2.45, 2.75) is 0 Å². The van der Waals surface area contributed by atoms with Crippen LogP contribution < -0.4 is 10.1 Å². The molecule has 0 aliphatic carbocycles. The molecule has 0 bridgehead atoms. The average Bonchev–Trinajstić information content (AvgIpc) is 2.91. The normalized spacial score (nSPS) is 10.2. The van der Waals surface area contributed by atoms with Gasteiger partial charge >= 0.3 is 5.97 Å². The molecule has 0 atom stereocenters. The van der Waals surface area contributed by atoms with Crippen molar-refractivity contribution in [3.63, 3.8) is 0 Å². The van der Waals surface area contributed by atoms with E-state index in [0.29, 0.717) is 15.9 Å². The van der Waals surface area contributed by atoms with Gasteiger partial charge in [-0.2, -0.15) is 0 Å². The second kappa shape index (κ2) is 6.54. The number of carbonyl (C=O) groups is 2. The van der Waals surface area contributed by atoms with Crippen LogP contribution in [0.5, 0.6) is 5.75 Å². The van der Waals surface area contributed by atoms with E-state index in [1.807, 2.05) is 0 Å². The summed E-state index contributed by atoms with van der Waals surface area (Å²) in [5.74, 6) is -1.10. The van der Waals surface area contributed by atoms with E-state index >= 15 is 0 Å². The Morgan fingerprint density at radius 2 is 2.05 bits per heavy atom. The zero-order valence-corrected chi connectivity index (χ0v) is 14.5. The van der Waals surface area contributed by atoms with Gasteiger partial charge in [0.05, 0.1) is 17.3 Å². The van der Waals surface area contributed by atoms with Crippen molar-refractivity contribution in [3.05, 3.63) is 37.2 Å². The number of amides is 1. The molecule has 0 aliphatic heterocycles. The van der Waals surface area contributed by atoms with E-state index < -0.39 is 11.9 Å². The van der Waals surface area contributed by atoms with Gasteiger partial charge in [0.1, 0.15) is 5.75 Å². The lowest BCUT2D eigenvalue weighted by molar-refractivity contribution is 0.0691. The Morgan fingerprint density at radius 1 is 1.33 bits per heavy atom. The summed E-state index contributed by atoms with van der Waals surface area (Å²) in [4.78, 5) is 26.6. The van der Waals surface area contributed by atoms with E-state index in [9.17, 15) is 9.59 Å². The summed E-state index contributed by atoms with van der Waals surface area (Å²) in [5.41, 5.74) is 0.338. The summed E-state index contributed by atoms with van der Waals surface area (Å²) in [6, 6.07) is 3.37. The summed E-state index contributed by atoms with van der Waals surface area (Å²) in [7, 11) is 1.51. The van der Waals surface area contributed by atoms with Gasteiger partial charge in [-0.05, 0) is 37.9 Å². The minimum absolute atomic E-state index is 0.0705. The fourth-order valence-corrected chi connectivity index (χ4v) is 3.37. The smallest absolute Gasteiger partial charge is 0.355 e. The van der Waals surface area contributed by atoms with Gasteiger partial charge < -0.3 is 15.2 Å². The Balaban J connectivity index is 2.24. The van der Waals surface area contributed by atoms with E-state index in [4.69, 9.17) is 9.84 Å². The standard InChI is InChI=1S/C12H8Br2N2O4S/c1-20-9-3-7(5(13)2-6(9)14)15-10(17)11-16-8(4-21-11)12(18)19/h2-4H,1H3,(H,15,17)(H,18,19). The highest BCUT2D eigenvalue weighted by Gasteiger charge is 2.16. The van der Waals surface area contributed by atoms with Crippen molar-refractivity contribution in [1.82, 2.24) is 4.98 Å². The maximum absolute atomic E-state index is 12.1. The van der Waals surface area contributed by atoms with Crippen LogP contribution in [0.4, 0.5) is 5.69 Å². The van der Waals surface area contributed by atoms with Crippen molar-refractivity contribution in [2.75, 3.05) is 12.4 Å². The molecule has 0 fully saturated rings. The number of nitrogens with zero attached hydrogens (tertiary/aromatic N) is 1. The molecule has 1 heterocycles. The molecule has 1 aromatic heterocycles. The lowest BCUT2D eigenvalue weighted by Gasteiger charge is -2.10. The molecule has 2 N–H and O–H groups in total. The molecule has 2 rings (SSSR count). The number of methoxy groups -OCH3 is 1. The number of hydrogen-bond donors (Lipinski definition) is 2. The minimum Gasteiger partial charge on any atom is -0.495 e. The second-order valence-corrected chi connectivity index (χ2v) is 6.33. The highest BCUT2D eigenvalue weighted by Crippen LogP contribution is 2.34. The number of aromatic nitrogens is 1. The van der Waals surface area contributed by atoms with Crippen molar-refractivity contribution in [3.8, 4) is 5.75 Å². The third-order valence-corrected chi connectivity index (χ3v) is 4.52. The van der Waals surface area contributed by atoms with Gasteiger partial charge in [0.2, 0.25) is 0 Å². The molecule has 9 heteroatoms. The number of nitrogens with one attached hydrogen (secondary N) is 1. The topological polar surface area (TPSA) is 88.5 Å². The molecule has 0 spiro atoms. The molecular formula is C12H8Br2N2O4S. The summed E-state index contributed by atoms with van der Waals surface area (Å²) in [6.45, 7) is 0. The maximum atomic E-state index is 12.1. The van der Waals surface area contributed by atoms with E-state index in [0.717, 1.165) is 15.8 Å². The molecule has 0 radical (unpaired) electrons. The molecule has 0 unspecified atom stereocenters. The van der Waals surface area contributed by atoms with Gasteiger partial charge in [-0.15, -0.1) is 11.3 Å². The Hall–Kier alpha value is -1.45. The number of aromatic carboxylic acids is 1. The predicted octanol–water partition coefficient (Wildman–Crippen LogP) is 3.63. The number of anilines is 1. The first kappa shape index (κ1) is 15.9. The largest absolute Gasteiger partial charge is 0.495 e. The zero-order valence-electron chi connectivity index (χ0n) is 10.5. The number of hydrogen-bond acceptors (Lipinski definition) is 5. The highest BCUT2D eigenvalue weighted by molar-refractivity contribution is 9.11. The summed E-state index contributed by atoms with van der Waals surface area (Å²) >= 11 is 7.62. The van der Waals surface area contributed by atoms with E-state index in [1.54, 1.807) is 12.1 Å². The van der Waals surface area contributed by atoms with Crippen molar-refractivity contribution in [1.29, 1.82) is 0 Å². The lowest BCUT2D eigenvalue weighted by Crippen LogP contribution is -2.12. The molecule has 0 saturated heterocycles. The highest BCUT2D eigenvalue weighted by atomic mass is 79.9. The van der Waals surface area contributed by atoms with Gasteiger partial charge in [-0.3, -0.25) is 4.79 Å². The van der Waals surface area contributed by atoms with Gasteiger partial charge in [0.25, 0.3) is 5.91 Å². The van der Waals surface area contributed by atoms with E-state index in [2.05, 4.69) is 42.2 Å². The number of carboxylic acids is 1. The zero-order chi connectivity index (χ0) is 15.6. The fourth-order valence-electron chi connectivity index (χ4n) is 1.43. The minimum atomic E-state index is -1.17. The predicted molar refractivity (Wildman–Crippen MR) is 85.4 cm³/mol. The quantitative estimate of drug-likeness (QED) is 0.765. The average molecular weight is 436 g/mol. The molecule has 110 valence electrons.